The van der Waals surface area contributed by atoms with Crippen molar-refractivity contribution in [1.82, 2.24) is 0 Å². The minimum atomic E-state index is -0.659. The van der Waals surface area contributed by atoms with Gasteiger partial charge in [0.05, 0.1) is 6.10 Å². The Morgan fingerprint density at radius 1 is 1.47 bits per heavy atom. The number of rotatable bonds is 4. The summed E-state index contributed by atoms with van der Waals surface area (Å²) in [7, 11) is 1.60. The largest absolute Gasteiger partial charge is 0.386 e. The van der Waals surface area contributed by atoms with E-state index in [1.165, 1.54) is 0 Å². The van der Waals surface area contributed by atoms with Crippen molar-refractivity contribution in [3.63, 3.8) is 0 Å². The molecule has 0 heterocycles. The molecule has 1 N–H and O–H groups in total. The number of methoxy groups -OCH3 is 1. The Morgan fingerprint density at radius 2 is 2.13 bits per heavy atom. The van der Waals surface area contributed by atoms with E-state index in [0.717, 1.165) is 17.5 Å². The molecule has 0 bridgehead atoms. The van der Waals surface area contributed by atoms with Crippen LogP contribution in [0.15, 0.2) is 18.2 Å². The lowest BCUT2D eigenvalue weighted by molar-refractivity contribution is -0.0151. The van der Waals surface area contributed by atoms with Gasteiger partial charge in [0.1, 0.15) is 6.10 Å². The first-order valence-electron chi connectivity index (χ1n) is 5.07. The van der Waals surface area contributed by atoms with Crippen LogP contribution >= 0.6 is 11.6 Å². The first kappa shape index (κ1) is 12.5. The lowest BCUT2D eigenvalue weighted by Crippen LogP contribution is -2.20. The highest BCUT2D eigenvalue weighted by Crippen LogP contribution is 2.30. The Kier molecular flexibility index (Phi) is 4.58. The molecule has 1 rings (SSSR count). The van der Waals surface area contributed by atoms with Gasteiger partial charge >= 0.3 is 0 Å². The topological polar surface area (TPSA) is 29.5 Å². The number of hydrogen-bond acceptors (Lipinski definition) is 2. The molecule has 0 aliphatic carbocycles. The summed E-state index contributed by atoms with van der Waals surface area (Å²) in [5.41, 5.74) is 1.76. The molecule has 1 aromatic rings. The first-order valence-corrected chi connectivity index (χ1v) is 5.45. The summed E-state index contributed by atoms with van der Waals surface area (Å²) in [4.78, 5) is 0. The third kappa shape index (κ3) is 2.71. The standard InChI is InChI=1S/C12H17ClO2/c1-4-10(15-3)12(14)11-8(2)6-5-7-9(11)13/h5-7,10,12,14H,4H2,1-3H3. The van der Waals surface area contributed by atoms with Crippen LogP contribution < -0.4 is 0 Å². The monoisotopic (exact) mass is 228 g/mol. The first-order chi connectivity index (χ1) is 7.11. The Balaban J connectivity index is 3.04. The molecule has 2 nitrogen and oxygen atoms in total. The molecule has 2 atom stereocenters. The van der Waals surface area contributed by atoms with Crippen molar-refractivity contribution >= 4 is 11.6 Å². The van der Waals surface area contributed by atoms with Crippen LogP contribution in [-0.4, -0.2) is 18.3 Å². The van der Waals surface area contributed by atoms with Crippen LogP contribution in [0.5, 0.6) is 0 Å². The number of aryl methyl sites for hydroxylation is 1. The van der Waals surface area contributed by atoms with Gasteiger partial charge in [0, 0.05) is 17.7 Å². The van der Waals surface area contributed by atoms with E-state index in [0.29, 0.717) is 5.02 Å². The minimum Gasteiger partial charge on any atom is -0.386 e. The SMILES string of the molecule is CCC(OC)C(O)c1c(C)cccc1Cl. The molecule has 1 aromatic carbocycles. The van der Waals surface area contributed by atoms with E-state index in [2.05, 4.69) is 0 Å². The van der Waals surface area contributed by atoms with Gasteiger partial charge in [-0.25, -0.2) is 0 Å². The average molecular weight is 229 g/mol. The van der Waals surface area contributed by atoms with Crippen LogP contribution in [0.4, 0.5) is 0 Å². The van der Waals surface area contributed by atoms with Crippen molar-refractivity contribution in [1.29, 1.82) is 0 Å². The zero-order valence-electron chi connectivity index (χ0n) is 9.33. The molecular weight excluding hydrogens is 212 g/mol. The fourth-order valence-corrected chi connectivity index (χ4v) is 2.06. The molecule has 84 valence electrons. The van der Waals surface area contributed by atoms with E-state index < -0.39 is 6.10 Å². The number of halogens is 1. The Morgan fingerprint density at radius 3 is 2.60 bits per heavy atom. The summed E-state index contributed by atoms with van der Waals surface area (Å²) in [5.74, 6) is 0. The van der Waals surface area contributed by atoms with Gasteiger partial charge < -0.3 is 9.84 Å². The van der Waals surface area contributed by atoms with Crippen molar-refractivity contribution in [2.45, 2.75) is 32.5 Å². The highest BCUT2D eigenvalue weighted by molar-refractivity contribution is 6.31. The van der Waals surface area contributed by atoms with Gasteiger partial charge in [0.15, 0.2) is 0 Å². The number of ether oxygens (including phenoxy) is 1. The summed E-state index contributed by atoms with van der Waals surface area (Å²) in [6, 6.07) is 5.60. The third-order valence-electron chi connectivity index (χ3n) is 2.62. The van der Waals surface area contributed by atoms with Gasteiger partial charge in [-0.2, -0.15) is 0 Å². The molecular formula is C12H17ClO2. The predicted molar refractivity (Wildman–Crippen MR) is 62.2 cm³/mol. The molecule has 0 amide bonds. The number of hydrogen-bond donors (Lipinski definition) is 1. The van der Waals surface area contributed by atoms with Gasteiger partial charge in [0.25, 0.3) is 0 Å². The second-order valence-electron chi connectivity index (χ2n) is 3.60. The van der Waals surface area contributed by atoms with Crippen LogP contribution in [0, 0.1) is 6.92 Å². The smallest absolute Gasteiger partial charge is 0.107 e. The molecule has 2 unspecified atom stereocenters. The highest BCUT2D eigenvalue weighted by atomic mass is 35.5. The number of benzene rings is 1. The van der Waals surface area contributed by atoms with Gasteiger partial charge in [-0.1, -0.05) is 30.7 Å². The average Bonchev–Trinajstić information content (AvgIpc) is 2.19. The summed E-state index contributed by atoms with van der Waals surface area (Å²) in [6.07, 6.45) is -0.111. The molecule has 0 aliphatic heterocycles. The van der Waals surface area contributed by atoms with Crippen molar-refractivity contribution in [3.8, 4) is 0 Å². The lowest BCUT2D eigenvalue weighted by Gasteiger charge is -2.22. The molecule has 0 saturated carbocycles. The molecule has 0 spiro atoms. The van der Waals surface area contributed by atoms with Crippen molar-refractivity contribution in [2.24, 2.45) is 0 Å². The zero-order valence-corrected chi connectivity index (χ0v) is 10.1. The van der Waals surface area contributed by atoms with E-state index in [-0.39, 0.29) is 6.10 Å². The number of aliphatic hydroxyl groups is 1. The van der Waals surface area contributed by atoms with E-state index in [1.807, 2.05) is 26.0 Å². The van der Waals surface area contributed by atoms with Crippen LogP contribution in [0.3, 0.4) is 0 Å². The predicted octanol–water partition coefficient (Wildman–Crippen LogP) is 3.11. The molecule has 3 heteroatoms. The van der Waals surface area contributed by atoms with Crippen LogP contribution in [0.25, 0.3) is 0 Å². The Hall–Kier alpha value is -0.570. The quantitative estimate of drug-likeness (QED) is 0.858. The van der Waals surface area contributed by atoms with Gasteiger partial charge in [-0.05, 0) is 25.0 Å². The summed E-state index contributed by atoms with van der Waals surface area (Å²) in [6.45, 7) is 3.91. The lowest BCUT2D eigenvalue weighted by atomic mass is 9.98. The Bertz CT molecular complexity index is 301. The Labute approximate surface area is 95.8 Å². The maximum absolute atomic E-state index is 10.1. The molecule has 0 radical (unpaired) electrons. The van der Waals surface area contributed by atoms with Gasteiger partial charge in [-0.3, -0.25) is 0 Å². The summed E-state index contributed by atoms with van der Waals surface area (Å²) < 4.78 is 5.22. The highest BCUT2D eigenvalue weighted by Gasteiger charge is 2.22. The zero-order chi connectivity index (χ0) is 11.4. The van der Waals surface area contributed by atoms with Gasteiger partial charge in [-0.15, -0.1) is 0 Å². The van der Waals surface area contributed by atoms with E-state index in [4.69, 9.17) is 16.3 Å². The normalized spacial score (nSPS) is 15.0. The van der Waals surface area contributed by atoms with E-state index in [9.17, 15) is 5.11 Å². The van der Waals surface area contributed by atoms with E-state index >= 15 is 0 Å². The van der Waals surface area contributed by atoms with E-state index in [1.54, 1.807) is 13.2 Å². The van der Waals surface area contributed by atoms with Crippen LogP contribution in [0.2, 0.25) is 5.02 Å². The molecule has 0 aliphatic rings. The minimum absolute atomic E-state index is 0.205. The molecule has 0 saturated heterocycles. The second-order valence-corrected chi connectivity index (χ2v) is 4.00. The fourth-order valence-electron chi connectivity index (χ4n) is 1.72. The van der Waals surface area contributed by atoms with Crippen molar-refractivity contribution in [3.05, 3.63) is 34.3 Å². The molecule has 0 aromatic heterocycles. The maximum atomic E-state index is 10.1. The third-order valence-corrected chi connectivity index (χ3v) is 2.95. The van der Waals surface area contributed by atoms with Gasteiger partial charge in [0.2, 0.25) is 0 Å². The van der Waals surface area contributed by atoms with Crippen LogP contribution in [0.1, 0.15) is 30.6 Å². The summed E-state index contributed by atoms with van der Waals surface area (Å²) in [5, 5.41) is 10.7. The number of aliphatic hydroxyl groups excluding tert-OH is 1. The van der Waals surface area contributed by atoms with Crippen LogP contribution in [-0.2, 0) is 4.74 Å². The second kappa shape index (κ2) is 5.50. The van der Waals surface area contributed by atoms with Crippen molar-refractivity contribution < 1.29 is 9.84 Å². The fraction of sp³-hybridized carbons (Fsp3) is 0.500. The molecule has 15 heavy (non-hydrogen) atoms. The molecule has 0 fully saturated rings. The van der Waals surface area contributed by atoms with Crippen molar-refractivity contribution in [2.75, 3.05) is 7.11 Å². The summed E-state index contributed by atoms with van der Waals surface area (Å²) >= 11 is 6.07. The maximum Gasteiger partial charge on any atom is 0.107 e.